The highest BCUT2D eigenvalue weighted by molar-refractivity contribution is 5.77. The van der Waals surface area contributed by atoms with Gasteiger partial charge in [0.25, 0.3) is 0 Å². The molecule has 2 amide bonds. The van der Waals surface area contributed by atoms with Gasteiger partial charge >= 0.3 is 6.03 Å². The molecular formula is C9H14N2O. The molecule has 0 aromatic carbocycles. The van der Waals surface area contributed by atoms with E-state index in [1.165, 1.54) is 0 Å². The highest BCUT2D eigenvalue weighted by Crippen LogP contribution is 2.19. The number of hydrogen-bond acceptors (Lipinski definition) is 1. The van der Waals surface area contributed by atoms with E-state index in [2.05, 4.69) is 11.2 Å². The molecule has 0 aromatic heterocycles. The Hall–Kier alpha value is -1.17. The van der Waals surface area contributed by atoms with E-state index >= 15 is 0 Å². The first-order valence-corrected chi connectivity index (χ1v) is 4.17. The summed E-state index contributed by atoms with van der Waals surface area (Å²) >= 11 is 0. The zero-order chi connectivity index (χ0) is 9.19. The summed E-state index contributed by atoms with van der Waals surface area (Å²) in [7, 11) is 0. The second kappa shape index (κ2) is 3.06. The van der Waals surface area contributed by atoms with Gasteiger partial charge in [0.05, 0.1) is 0 Å². The first kappa shape index (κ1) is 8.92. The average Bonchev–Trinajstić information content (AvgIpc) is 2.51. The lowest BCUT2D eigenvalue weighted by Gasteiger charge is -2.32. The quantitative estimate of drug-likeness (QED) is 0.605. The molecule has 1 heterocycles. The van der Waals surface area contributed by atoms with Gasteiger partial charge in [0, 0.05) is 13.1 Å². The molecule has 1 unspecified atom stereocenters. The molecule has 0 bridgehead atoms. The van der Waals surface area contributed by atoms with Crippen molar-refractivity contribution in [2.75, 3.05) is 13.1 Å². The summed E-state index contributed by atoms with van der Waals surface area (Å²) in [4.78, 5) is 13.0. The lowest BCUT2D eigenvalue weighted by molar-refractivity contribution is 0.178. The fraction of sp³-hybridized carbons (Fsp3) is 0.667. The van der Waals surface area contributed by atoms with Crippen molar-refractivity contribution in [2.24, 2.45) is 0 Å². The number of nitrogens with zero attached hydrogens (tertiary/aromatic N) is 1. The Morgan fingerprint density at radius 3 is 2.83 bits per heavy atom. The van der Waals surface area contributed by atoms with Crippen LogP contribution in [0.25, 0.3) is 0 Å². The molecule has 1 aliphatic rings. The average molecular weight is 166 g/mol. The van der Waals surface area contributed by atoms with Crippen LogP contribution in [-0.4, -0.2) is 29.6 Å². The number of nitrogens with one attached hydrogen (secondary N) is 1. The Labute approximate surface area is 73.1 Å². The Morgan fingerprint density at radius 2 is 2.50 bits per heavy atom. The van der Waals surface area contributed by atoms with Gasteiger partial charge in [-0.05, 0) is 13.3 Å². The van der Waals surface area contributed by atoms with Crippen molar-refractivity contribution in [3.8, 4) is 12.3 Å². The Kier molecular flexibility index (Phi) is 2.27. The van der Waals surface area contributed by atoms with Gasteiger partial charge < -0.3 is 10.2 Å². The van der Waals surface area contributed by atoms with Crippen molar-refractivity contribution in [1.82, 2.24) is 10.2 Å². The third-order valence-corrected chi connectivity index (χ3v) is 2.45. The number of hydrogen-bond donors (Lipinski definition) is 1. The fourth-order valence-corrected chi connectivity index (χ4v) is 1.31. The zero-order valence-corrected chi connectivity index (χ0v) is 7.55. The predicted molar refractivity (Wildman–Crippen MR) is 47.6 cm³/mol. The maximum Gasteiger partial charge on any atom is 0.318 e. The number of rotatable bonds is 2. The lowest BCUT2D eigenvalue weighted by Crippen LogP contribution is -2.46. The second-order valence-corrected chi connectivity index (χ2v) is 3.16. The SMILES string of the molecule is C#CC(C)(CC)N1CCNC1=O. The topological polar surface area (TPSA) is 32.3 Å². The zero-order valence-electron chi connectivity index (χ0n) is 7.55. The van der Waals surface area contributed by atoms with Gasteiger partial charge in [0.15, 0.2) is 0 Å². The molecule has 1 aliphatic heterocycles. The summed E-state index contributed by atoms with van der Waals surface area (Å²) in [6.45, 7) is 5.33. The molecule has 1 fully saturated rings. The molecule has 0 radical (unpaired) electrons. The van der Waals surface area contributed by atoms with Crippen LogP contribution in [0.1, 0.15) is 20.3 Å². The van der Waals surface area contributed by atoms with Crippen molar-refractivity contribution < 1.29 is 4.79 Å². The highest BCUT2D eigenvalue weighted by atomic mass is 16.2. The van der Waals surface area contributed by atoms with E-state index < -0.39 is 5.54 Å². The molecule has 0 aliphatic carbocycles. The van der Waals surface area contributed by atoms with Crippen LogP contribution in [0.3, 0.4) is 0 Å². The number of urea groups is 1. The maximum atomic E-state index is 11.3. The van der Waals surface area contributed by atoms with Crippen LogP contribution in [-0.2, 0) is 0 Å². The fourth-order valence-electron chi connectivity index (χ4n) is 1.31. The minimum atomic E-state index is -0.416. The van der Waals surface area contributed by atoms with Gasteiger partial charge in [-0.15, -0.1) is 6.42 Å². The van der Waals surface area contributed by atoms with Gasteiger partial charge in [-0.3, -0.25) is 0 Å². The van der Waals surface area contributed by atoms with Gasteiger partial charge in [0.1, 0.15) is 5.54 Å². The molecule has 1 N–H and O–H groups in total. The number of carbonyl (C=O) groups is 1. The van der Waals surface area contributed by atoms with Gasteiger partial charge in [-0.1, -0.05) is 12.8 Å². The Bertz CT molecular complexity index is 231. The molecule has 0 aromatic rings. The van der Waals surface area contributed by atoms with Gasteiger partial charge in [0.2, 0.25) is 0 Å². The number of carbonyl (C=O) groups excluding carboxylic acids is 1. The van der Waals surface area contributed by atoms with Crippen LogP contribution in [0, 0.1) is 12.3 Å². The van der Waals surface area contributed by atoms with Crippen LogP contribution in [0.2, 0.25) is 0 Å². The van der Waals surface area contributed by atoms with Gasteiger partial charge in [-0.2, -0.15) is 0 Å². The van der Waals surface area contributed by atoms with Gasteiger partial charge in [-0.25, -0.2) is 4.79 Å². The van der Waals surface area contributed by atoms with Crippen LogP contribution in [0.5, 0.6) is 0 Å². The summed E-state index contributed by atoms with van der Waals surface area (Å²) < 4.78 is 0. The lowest BCUT2D eigenvalue weighted by atomic mass is 9.98. The largest absolute Gasteiger partial charge is 0.336 e. The van der Waals surface area contributed by atoms with Crippen molar-refractivity contribution in [2.45, 2.75) is 25.8 Å². The predicted octanol–water partition coefficient (Wildman–Crippen LogP) is 0.814. The molecule has 0 spiro atoms. The minimum absolute atomic E-state index is 0.0442. The molecule has 3 nitrogen and oxygen atoms in total. The third kappa shape index (κ3) is 1.25. The van der Waals surface area contributed by atoms with Crippen molar-refractivity contribution >= 4 is 6.03 Å². The molecular weight excluding hydrogens is 152 g/mol. The Balaban J connectivity index is 2.80. The van der Waals surface area contributed by atoms with E-state index in [1.807, 2.05) is 13.8 Å². The summed E-state index contributed by atoms with van der Waals surface area (Å²) in [6, 6.07) is -0.0442. The standard InChI is InChI=1S/C9H14N2O/c1-4-9(3,5-2)11-7-6-10-8(11)12/h1H,5-7H2,2-3H3,(H,10,12). The van der Waals surface area contributed by atoms with Crippen molar-refractivity contribution in [1.29, 1.82) is 0 Å². The molecule has 0 saturated carbocycles. The third-order valence-electron chi connectivity index (χ3n) is 2.45. The van der Waals surface area contributed by atoms with Crippen LogP contribution >= 0.6 is 0 Å². The molecule has 1 atom stereocenters. The molecule has 3 heteroatoms. The second-order valence-electron chi connectivity index (χ2n) is 3.16. The van der Waals surface area contributed by atoms with E-state index in [1.54, 1.807) is 4.90 Å². The number of terminal acetylenes is 1. The monoisotopic (exact) mass is 166 g/mol. The molecule has 1 rings (SSSR count). The first-order chi connectivity index (χ1) is 5.64. The first-order valence-electron chi connectivity index (χ1n) is 4.17. The van der Waals surface area contributed by atoms with E-state index in [4.69, 9.17) is 6.42 Å². The normalized spacial score (nSPS) is 21.4. The Morgan fingerprint density at radius 1 is 1.83 bits per heavy atom. The summed E-state index contributed by atoms with van der Waals surface area (Å²) in [5, 5.41) is 2.74. The van der Waals surface area contributed by atoms with Crippen LogP contribution in [0.4, 0.5) is 4.79 Å². The van der Waals surface area contributed by atoms with Crippen LogP contribution in [0.15, 0.2) is 0 Å². The van der Waals surface area contributed by atoms with E-state index in [-0.39, 0.29) is 6.03 Å². The smallest absolute Gasteiger partial charge is 0.318 e. The van der Waals surface area contributed by atoms with E-state index in [0.29, 0.717) is 13.1 Å². The van der Waals surface area contributed by atoms with E-state index in [9.17, 15) is 4.79 Å². The molecule has 1 saturated heterocycles. The van der Waals surface area contributed by atoms with Crippen LogP contribution < -0.4 is 5.32 Å². The highest BCUT2D eigenvalue weighted by Gasteiger charge is 2.34. The maximum absolute atomic E-state index is 11.3. The molecule has 66 valence electrons. The summed E-state index contributed by atoms with van der Waals surface area (Å²) in [5.74, 6) is 2.67. The van der Waals surface area contributed by atoms with Crippen molar-refractivity contribution in [3.63, 3.8) is 0 Å². The summed E-state index contributed by atoms with van der Waals surface area (Å²) in [6.07, 6.45) is 6.18. The van der Waals surface area contributed by atoms with Crippen molar-refractivity contribution in [3.05, 3.63) is 0 Å². The summed E-state index contributed by atoms with van der Waals surface area (Å²) in [5.41, 5.74) is -0.416. The number of amides is 2. The molecule has 12 heavy (non-hydrogen) atoms. The minimum Gasteiger partial charge on any atom is -0.336 e. The van der Waals surface area contributed by atoms with E-state index in [0.717, 1.165) is 6.42 Å².